The maximum absolute atomic E-state index is 13.2. The highest BCUT2D eigenvalue weighted by Crippen LogP contribution is 2.39. The summed E-state index contributed by atoms with van der Waals surface area (Å²) in [6, 6.07) is 17.2. The SMILES string of the molecule is O=C(c1ccc(Oc2ccccc2)cc1)N1CCCC2(CCN2CC2CCCO2)C1. The zero-order valence-electron chi connectivity index (χ0n) is 17.5. The molecule has 158 valence electrons. The van der Waals surface area contributed by atoms with E-state index < -0.39 is 0 Å². The first-order valence-electron chi connectivity index (χ1n) is 11.2. The van der Waals surface area contributed by atoms with E-state index >= 15 is 0 Å². The number of para-hydroxylation sites is 1. The molecular formula is C25H30N2O3. The summed E-state index contributed by atoms with van der Waals surface area (Å²) in [6.45, 7) is 4.73. The fourth-order valence-electron chi connectivity index (χ4n) is 5.13. The first-order valence-corrected chi connectivity index (χ1v) is 11.2. The van der Waals surface area contributed by atoms with Gasteiger partial charge in [-0.15, -0.1) is 0 Å². The highest BCUT2D eigenvalue weighted by Gasteiger charge is 2.48. The minimum Gasteiger partial charge on any atom is -0.457 e. The Morgan fingerprint density at radius 3 is 2.50 bits per heavy atom. The van der Waals surface area contributed by atoms with Crippen molar-refractivity contribution in [1.29, 1.82) is 0 Å². The van der Waals surface area contributed by atoms with Crippen LogP contribution in [0.1, 0.15) is 42.5 Å². The fourth-order valence-corrected chi connectivity index (χ4v) is 5.13. The van der Waals surface area contributed by atoms with Crippen LogP contribution in [0, 0.1) is 0 Å². The number of likely N-dealkylation sites (tertiary alicyclic amines) is 2. The lowest BCUT2D eigenvalue weighted by atomic mass is 9.77. The second kappa shape index (κ2) is 8.40. The quantitative estimate of drug-likeness (QED) is 0.741. The van der Waals surface area contributed by atoms with Gasteiger partial charge in [-0.25, -0.2) is 0 Å². The summed E-state index contributed by atoms with van der Waals surface area (Å²) in [5, 5.41) is 0. The number of carbonyl (C=O) groups excluding carboxylic acids is 1. The third kappa shape index (κ3) is 3.96. The van der Waals surface area contributed by atoms with E-state index in [9.17, 15) is 4.79 Å². The summed E-state index contributed by atoms with van der Waals surface area (Å²) < 4.78 is 11.7. The van der Waals surface area contributed by atoms with Gasteiger partial charge in [0.15, 0.2) is 0 Å². The van der Waals surface area contributed by atoms with Crippen LogP contribution in [0.25, 0.3) is 0 Å². The molecule has 3 heterocycles. The van der Waals surface area contributed by atoms with Crippen LogP contribution >= 0.6 is 0 Å². The molecule has 1 spiro atoms. The highest BCUT2D eigenvalue weighted by molar-refractivity contribution is 5.94. The van der Waals surface area contributed by atoms with Gasteiger partial charge >= 0.3 is 0 Å². The second-order valence-corrected chi connectivity index (χ2v) is 8.83. The molecule has 30 heavy (non-hydrogen) atoms. The Labute approximate surface area is 178 Å². The first kappa shape index (κ1) is 19.6. The van der Waals surface area contributed by atoms with Crippen LogP contribution in [0.15, 0.2) is 54.6 Å². The van der Waals surface area contributed by atoms with Gasteiger partial charge in [0.1, 0.15) is 11.5 Å². The summed E-state index contributed by atoms with van der Waals surface area (Å²) in [5.41, 5.74) is 0.897. The molecule has 3 aliphatic rings. The summed E-state index contributed by atoms with van der Waals surface area (Å²) in [5.74, 6) is 1.67. The van der Waals surface area contributed by atoms with Gasteiger partial charge in [0.05, 0.1) is 6.10 Å². The average Bonchev–Trinajstić information content (AvgIpc) is 3.31. The molecule has 0 aromatic heterocycles. The summed E-state index contributed by atoms with van der Waals surface area (Å²) in [4.78, 5) is 17.8. The smallest absolute Gasteiger partial charge is 0.253 e. The van der Waals surface area contributed by atoms with Crippen molar-refractivity contribution in [3.05, 3.63) is 60.2 Å². The lowest BCUT2D eigenvalue weighted by Gasteiger charge is -2.57. The van der Waals surface area contributed by atoms with E-state index in [0.29, 0.717) is 6.10 Å². The lowest BCUT2D eigenvalue weighted by Crippen LogP contribution is -2.68. The van der Waals surface area contributed by atoms with Gasteiger partial charge in [-0.2, -0.15) is 0 Å². The minimum atomic E-state index is 0.129. The van der Waals surface area contributed by atoms with Gasteiger partial charge in [-0.3, -0.25) is 9.69 Å². The van der Waals surface area contributed by atoms with Gasteiger partial charge in [-0.05, 0) is 68.5 Å². The zero-order chi connectivity index (χ0) is 20.4. The molecule has 5 rings (SSSR count). The Balaban J connectivity index is 1.22. The molecule has 5 heteroatoms. The number of amides is 1. The van der Waals surface area contributed by atoms with Gasteiger partial charge in [0, 0.05) is 43.9 Å². The Kier molecular flexibility index (Phi) is 5.48. The van der Waals surface area contributed by atoms with Crippen LogP contribution < -0.4 is 4.74 Å². The Morgan fingerprint density at radius 1 is 1.00 bits per heavy atom. The van der Waals surface area contributed by atoms with Crippen LogP contribution in [-0.2, 0) is 4.74 Å². The number of nitrogens with zero attached hydrogens (tertiary/aromatic N) is 2. The third-order valence-electron chi connectivity index (χ3n) is 6.89. The van der Waals surface area contributed by atoms with Crippen LogP contribution in [0.5, 0.6) is 11.5 Å². The molecule has 0 N–H and O–H groups in total. The lowest BCUT2D eigenvalue weighted by molar-refractivity contribution is -0.0806. The molecule has 2 atom stereocenters. The zero-order valence-corrected chi connectivity index (χ0v) is 17.5. The third-order valence-corrected chi connectivity index (χ3v) is 6.89. The number of benzene rings is 2. The van der Waals surface area contributed by atoms with Crippen LogP contribution in [0.2, 0.25) is 0 Å². The van der Waals surface area contributed by atoms with E-state index in [0.717, 1.165) is 56.3 Å². The van der Waals surface area contributed by atoms with Gasteiger partial charge in [0.25, 0.3) is 5.91 Å². The molecule has 3 fully saturated rings. The molecule has 0 aliphatic carbocycles. The average molecular weight is 407 g/mol. The number of carbonyl (C=O) groups is 1. The fraction of sp³-hybridized carbons (Fsp3) is 0.480. The number of hydrogen-bond acceptors (Lipinski definition) is 4. The molecule has 2 aromatic rings. The van der Waals surface area contributed by atoms with Crippen molar-refractivity contribution in [2.75, 3.05) is 32.8 Å². The first-order chi connectivity index (χ1) is 14.7. The van der Waals surface area contributed by atoms with Gasteiger partial charge in [0.2, 0.25) is 0 Å². The standard InChI is InChI=1S/C25H30N2O3/c28-24(20-9-11-22(12-10-20)30-21-6-2-1-3-7-21)26-15-5-13-25(19-26)14-16-27(25)18-23-8-4-17-29-23/h1-3,6-7,9-12,23H,4-5,8,13-19H2. The van der Waals surface area contributed by atoms with E-state index in [1.54, 1.807) is 0 Å². The predicted octanol–water partition coefficient (Wildman–Crippen LogP) is 4.34. The van der Waals surface area contributed by atoms with Gasteiger partial charge < -0.3 is 14.4 Å². The molecule has 3 aliphatic heterocycles. The summed E-state index contributed by atoms with van der Waals surface area (Å²) >= 11 is 0. The molecule has 0 saturated carbocycles. The molecule has 5 nitrogen and oxygen atoms in total. The Bertz CT molecular complexity index is 864. The molecule has 1 amide bonds. The van der Waals surface area contributed by atoms with Crippen molar-refractivity contribution in [3.63, 3.8) is 0 Å². The van der Waals surface area contributed by atoms with Crippen LogP contribution in [-0.4, -0.2) is 60.1 Å². The topological polar surface area (TPSA) is 42.0 Å². The molecule has 3 saturated heterocycles. The minimum absolute atomic E-state index is 0.129. The van der Waals surface area contributed by atoms with Crippen molar-refractivity contribution in [2.24, 2.45) is 0 Å². The van der Waals surface area contributed by atoms with E-state index in [-0.39, 0.29) is 11.4 Å². The maximum atomic E-state index is 13.2. The monoisotopic (exact) mass is 406 g/mol. The second-order valence-electron chi connectivity index (χ2n) is 8.83. The van der Waals surface area contributed by atoms with Crippen molar-refractivity contribution in [3.8, 4) is 11.5 Å². The number of ether oxygens (including phenoxy) is 2. The Morgan fingerprint density at radius 2 is 1.80 bits per heavy atom. The number of rotatable bonds is 5. The van der Waals surface area contributed by atoms with E-state index in [4.69, 9.17) is 9.47 Å². The molecule has 0 bridgehead atoms. The number of piperidine rings is 1. The summed E-state index contributed by atoms with van der Waals surface area (Å²) in [7, 11) is 0. The van der Waals surface area contributed by atoms with Crippen molar-refractivity contribution in [1.82, 2.24) is 9.80 Å². The Hall–Kier alpha value is -2.37. The summed E-state index contributed by atoms with van der Waals surface area (Å²) in [6.07, 6.45) is 6.18. The normalized spacial score (nSPS) is 26.5. The molecule has 0 radical (unpaired) electrons. The molecule has 2 unspecified atom stereocenters. The van der Waals surface area contributed by atoms with E-state index in [1.165, 1.54) is 25.7 Å². The van der Waals surface area contributed by atoms with Crippen molar-refractivity contribution >= 4 is 5.91 Å². The van der Waals surface area contributed by atoms with Crippen LogP contribution in [0.3, 0.4) is 0 Å². The van der Waals surface area contributed by atoms with Crippen molar-refractivity contribution < 1.29 is 14.3 Å². The van der Waals surface area contributed by atoms with Crippen LogP contribution in [0.4, 0.5) is 0 Å². The molecular weight excluding hydrogens is 376 g/mol. The van der Waals surface area contributed by atoms with E-state index in [2.05, 4.69) is 9.80 Å². The highest BCUT2D eigenvalue weighted by atomic mass is 16.5. The van der Waals surface area contributed by atoms with Gasteiger partial charge in [-0.1, -0.05) is 18.2 Å². The largest absolute Gasteiger partial charge is 0.457 e. The number of hydrogen-bond donors (Lipinski definition) is 0. The predicted molar refractivity (Wildman–Crippen MR) is 116 cm³/mol. The van der Waals surface area contributed by atoms with E-state index in [1.807, 2.05) is 54.6 Å². The molecule has 2 aromatic carbocycles. The maximum Gasteiger partial charge on any atom is 0.253 e. The van der Waals surface area contributed by atoms with Crippen molar-refractivity contribution in [2.45, 2.75) is 43.7 Å².